The molecule has 0 saturated heterocycles. The lowest BCUT2D eigenvalue weighted by molar-refractivity contribution is -0.129. The van der Waals surface area contributed by atoms with Crippen molar-refractivity contribution in [3.8, 4) is 17.2 Å². The molecule has 0 atom stereocenters. The molecular weight excluding hydrogens is 526 g/mol. The van der Waals surface area contributed by atoms with Gasteiger partial charge in [0.1, 0.15) is 5.75 Å². The normalized spacial score (nSPS) is 13.9. The summed E-state index contributed by atoms with van der Waals surface area (Å²) in [5.41, 5.74) is 1.51. The van der Waals surface area contributed by atoms with Crippen LogP contribution in [0.1, 0.15) is 21.5 Å². The van der Waals surface area contributed by atoms with E-state index in [9.17, 15) is 9.59 Å². The summed E-state index contributed by atoms with van der Waals surface area (Å²) < 4.78 is 22.2. The molecule has 0 spiro atoms. The van der Waals surface area contributed by atoms with E-state index in [2.05, 4.69) is 20.9 Å². The minimum absolute atomic E-state index is 0.0814. The summed E-state index contributed by atoms with van der Waals surface area (Å²) in [6.07, 6.45) is 1.54. The number of benzene rings is 3. The van der Waals surface area contributed by atoms with Gasteiger partial charge in [0.25, 0.3) is 0 Å². The molecule has 34 heavy (non-hydrogen) atoms. The van der Waals surface area contributed by atoms with Crippen LogP contribution < -0.4 is 14.2 Å². The summed E-state index contributed by atoms with van der Waals surface area (Å²) in [4.78, 5) is 29.2. The van der Waals surface area contributed by atoms with Gasteiger partial charge in [-0.15, -0.1) is 0 Å². The molecule has 3 aromatic rings. The van der Waals surface area contributed by atoms with Crippen LogP contribution in [0.5, 0.6) is 17.2 Å². The van der Waals surface area contributed by atoms with Gasteiger partial charge in [-0.1, -0.05) is 39.7 Å². The largest absolute Gasteiger partial charge is 0.496 e. The first kappa shape index (κ1) is 23.5. The fourth-order valence-corrected chi connectivity index (χ4v) is 3.73. The van der Waals surface area contributed by atoms with Crippen molar-refractivity contribution in [3.63, 3.8) is 0 Å². The maximum Gasteiger partial charge on any atom is 0.363 e. The highest BCUT2D eigenvalue weighted by Gasteiger charge is 2.26. The Balaban J connectivity index is 1.60. The molecule has 172 valence electrons. The Kier molecular flexibility index (Phi) is 7.00. The van der Waals surface area contributed by atoms with Crippen molar-refractivity contribution in [3.05, 3.63) is 92.5 Å². The average molecular weight is 543 g/mol. The quantitative estimate of drug-likeness (QED) is 0.226. The lowest BCUT2D eigenvalue weighted by Crippen LogP contribution is -2.09. The number of carbonyl (C=O) groups is 2. The molecule has 1 aliphatic heterocycles. The Morgan fingerprint density at radius 2 is 1.76 bits per heavy atom. The lowest BCUT2D eigenvalue weighted by Gasteiger charge is -2.10. The van der Waals surface area contributed by atoms with Crippen LogP contribution in [0.2, 0.25) is 5.02 Å². The molecule has 9 heteroatoms. The number of cyclic esters (lactones) is 1. The van der Waals surface area contributed by atoms with Crippen LogP contribution in [-0.2, 0) is 9.53 Å². The first-order chi connectivity index (χ1) is 16.4. The predicted molar refractivity (Wildman–Crippen MR) is 131 cm³/mol. The van der Waals surface area contributed by atoms with E-state index in [0.29, 0.717) is 33.2 Å². The second kappa shape index (κ2) is 10.1. The van der Waals surface area contributed by atoms with Gasteiger partial charge >= 0.3 is 11.9 Å². The molecule has 0 aliphatic carbocycles. The fourth-order valence-electron chi connectivity index (χ4n) is 3.16. The third-order valence-electron chi connectivity index (χ3n) is 4.77. The van der Waals surface area contributed by atoms with E-state index in [1.165, 1.54) is 20.3 Å². The van der Waals surface area contributed by atoms with E-state index in [-0.39, 0.29) is 17.3 Å². The van der Waals surface area contributed by atoms with Crippen LogP contribution in [0.15, 0.2) is 75.8 Å². The Bertz CT molecular complexity index is 1350. The molecule has 0 radical (unpaired) electrons. The van der Waals surface area contributed by atoms with Crippen LogP contribution in [0.4, 0.5) is 0 Å². The average Bonchev–Trinajstić information content (AvgIpc) is 3.19. The van der Waals surface area contributed by atoms with Gasteiger partial charge in [0.2, 0.25) is 5.90 Å². The van der Waals surface area contributed by atoms with Crippen LogP contribution in [0.3, 0.4) is 0 Å². The van der Waals surface area contributed by atoms with Gasteiger partial charge in [-0.3, -0.25) is 0 Å². The maximum atomic E-state index is 12.5. The van der Waals surface area contributed by atoms with Crippen molar-refractivity contribution < 1.29 is 28.5 Å². The number of carbonyl (C=O) groups excluding carboxylic acids is 2. The van der Waals surface area contributed by atoms with Crippen molar-refractivity contribution in [2.75, 3.05) is 14.2 Å². The third-order valence-corrected chi connectivity index (χ3v) is 5.49. The highest BCUT2D eigenvalue weighted by molar-refractivity contribution is 9.10. The Morgan fingerprint density at radius 3 is 2.50 bits per heavy atom. The van der Waals surface area contributed by atoms with Crippen LogP contribution in [0.25, 0.3) is 6.08 Å². The van der Waals surface area contributed by atoms with Gasteiger partial charge in [-0.2, -0.15) is 0 Å². The van der Waals surface area contributed by atoms with Gasteiger partial charge < -0.3 is 18.9 Å². The Morgan fingerprint density at radius 1 is 1.00 bits per heavy atom. The van der Waals surface area contributed by atoms with Gasteiger partial charge in [0, 0.05) is 9.50 Å². The number of halogens is 2. The number of ether oxygens (including phenoxy) is 4. The number of rotatable bonds is 6. The summed E-state index contributed by atoms with van der Waals surface area (Å²) in [6, 6.07) is 16.6. The van der Waals surface area contributed by atoms with Crippen molar-refractivity contribution >= 4 is 51.4 Å². The zero-order valence-corrected chi connectivity index (χ0v) is 20.3. The van der Waals surface area contributed by atoms with Crippen LogP contribution >= 0.6 is 27.5 Å². The molecule has 0 amide bonds. The molecule has 1 aliphatic rings. The number of methoxy groups -OCH3 is 2. The zero-order chi connectivity index (χ0) is 24.2. The van der Waals surface area contributed by atoms with Crippen molar-refractivity contribution in [2.45, 2.75) is 0 Å². The minimum atomic E-state index is -0.624. The van der Waals surface area contributed by atoms with Gasteiger partial charge in [-0.25, -0.2) is 14.6 Å². The molecular formula is C25H17BrClNO6. The van der Waals surface area contributed by atoms with Crippen molar-refractivity contribution in [1.29, 1.82) is 0 Å². The molecule has 0 N–H and O–H groups in total. The first-order valence-corrected chi connectivity index (χ1v) is 11.1. The predicted octanol–water partition coefficient (Wildman–Crippen LogP) is 5.68. The SMILES string of the molecule is COc1cc(/C=C2/N=C(c3cc(Cl)ccc3OC)OC2=O)ccc1OC(=O)c1cccc(Br)c1. The number of esters is 2. The van der Waals surface area contributed by atoms with E-state index >= 15 is 0 Å². The van der Waals surface area contributed by atoms with Crippen LogP contribution in [0, 0.1) is 0 Å². The molecule has 1 heterocycles. The lowest BCUT2D eigenvalue weighted by atomic mass is 10.1. The molecule has 0 saturated carbocycles. The molecule has 3 aromatic carbocycles. The van der Waals surface area contributed by atoms with Crippen LogP contribution in [-0.4, -0.2) is 32.1 Å². The minimum Gasteiger partial charge on any atom is -0.496 e. The molecule has 0 unspecified atom stereocenters. The summed E-state index contributed by atoms with van der Waals surface area (Å²) in [5.74, 6) is -0.0604. The summed E-state index contributed by atoms with van der Waals surface area (Å²) >= 11 is 9.40. The van der Waals surface area contributed by atoms with E-state index in [4.69, 9.17) is 30.5 Å². The monoisotopic (exact) mass is 541 g/mol. The summed E-state index contributed by atoms with van der Waals surface area (Å²) in [7, 11) is 2.95. The second-order valence-electron chi connectivity index (χ2n) is 6.99. The van der Waals surface area contributed by atoms with E-state index < -0.39 is 11.9 Å². The maximum absolute atomic E-state index is 12.5. The second-order valence-corrected chi connectivity index (χ2v) is 8.34. The first-order valence-electron chi connectivity index (χ1n) is 9.90. The number of nitrogens with zero attached hydrogens (tertiary/aromatic N) is 1. The summed E-state index contributed by atoms with van der Waals surface area (Å²) in [6.45, 7) is 0. The fraction of sp³-hybridized carbons (Fsp3) is 0.0800. The molecule has 7 nitrogen and oxygen atoms in total. The van der Waals surface area contributed by atoms with Crippen molar-refractivity contribution in [1.82, 2.24) is 0 Å². The highest BCUT2D eigenvalue weighted by Crippen LogP contribution is 2.32. The van der Waals surface area contributed by atoms with Gasteiger partial charge in [0.05, 0.1) is 25.3 Å². The summed E-state index contributed by atoms with van der Waals surface area (Å²) in [5, 5.41) is 0.449. The Labute approximate surface area is 208 Å². The number of hydrogen-bond donors (Lipinski definition) is 0. The topological polar surface area (TPSA) is 83.4 Å². The zero-order valence-electron chi connectivity index (χ0n) is 18.0. The van der Waals surface area contributed by atoms with E-state index in [1.54, 1.807) is 54.6 Å². The van der Waals surface area contributed by atoms with Gasteiger partial charge in [-0.05, 0) is 60.2 Å². The van der Waals surface area contributed by atoms with E-state index in [0.717, 1.165) is 4.47 Å². The van der Waals surface area contributed by atoms with Crippen molar-refractivity contribution in [2.24, 2.45) is 4.99 Å². The number of aliphatic imine (C=N–C) groups is 1. The van der Waals surface area contributed by atoms with E-state index in [1.807, 2.05) is 6.07 Å². The molecule has 0 bridgehead atoms. The molecule has 4 rings (SSSR count). The Hall–Kier alpha value is -3.62. The van der Waals surface area contributed by atoms with Gasteiger partial charge in [0.15, 0.2) is 17.2 Å². The molecule has 0 aromatic heterocycles. The standard InChI is InChI=1S/C25H17BrClNO6/c1-31-20-9-7-17(27)13-18(20)23-28-19(25(30)34-23)10-14-6-8-21(22(11-14)32-2)33-24(29)15-4-3-5-16(26)12-15/h3-13H,1-2H3/b19-10+. The smallest absolute Gasteiger partial charge is 0.363 e. The molecule has 0 fully saturated rings. The third kappa shape index (κ3) is 5.13. The highest BCUT2D eigenvalue weighted by atomic mass is 79.9. The number of hydrogen-bond acceptors (Lipinski definition) is 7.